The number of benzene rings is 2. The van der Waals surface area contributed by atoms with E-state index in [4.69, 9.17) is 5.73 Å². The number of aromatic amines is 1. The zero-order chi connectivity index (χ0) is 20.7. The maximum absolute atomic E-state index is 11.9. The number of fused-ring (bicyclic) bond motifs is 2. The Balaban J connectivity index is 1.76. The van der Waals surface area contributed by atoms with Crippen molar-refractivity contribution in [3.63, 3.8) is 0 Å². The zero-order valence-electron chi connectivity index (χ0n) is 15.9. The molecular formula is C22H23N3O4. The molecule has 0 radical (unpaired) electrons. The van der Waals surface area contributed by atoms with Gasteiger partial charge in [-0.2, -0.15) is 0 Å². The summed E-state index contributed by atoms with van der Waals surface area (Å²) in [5, 5.41) is 35.1. The molecule has 1 aliphatic rings. The van der Waals surface area contributed by atoms with Crippen LogP contribution < -0.4 is 11.1 Å². The molecule has 4 rings (SSSR count). The van der Waals surface area contributed by atoms with Crippen LogP contribution in [-0.2, 0) is 4.79 Å². The number of hydrogen-bond acceptors (Lipinski definition) is 5. The fraction of sp³-hybridized carbons (Fsp3) is 0.227. The van der Waals surface area contributed by atoms with Gasteiger partial charge in [0.1, 0.15) is 6.10 Å². The molecule has 1 amide bonds. The number of anilines is 1. The van der Waals surface area contributed by atoms with E-state index in [2.05, 4.69) is 10.3 Å². The van der Waals surface area contributed by atoms with Gasteiger partial charge in [-0.05, 0) is 47.9 Å². The third-order valence-electron chi connectivity index (χ3n) is 5.26. The van der Waals surface area contributed by atoms with Gasteiger partial charge in [-0.15, -0.1) is 0 Å². The number of aliphatic hydroxyl groups is 2. The minimum atomic E-state index is -0.875. The van der Waals surface area contributed by atoms with E-state index in [1.54, 1.807) is 43.3 Å². The summed E-state index contributed by atoms with van der Waals surface area (Å²) in [5.74, 6) is -0.366. The summed E-state index contributed by atoms with van der Waals surface area (Å²) in [7, 11) is 0. The predicted molar refractivity (Wildman–Crippen MR) is 111 cm³/mol. The Kier molecular flexibility index (Phi) is 4.87. The van der Waals surface area contributed by atoms with Crippen LogP contribution in [0.5, 0.6) is 5.88 Å². The van der Waals surface area contributed by atoms with Crippen LogP contribution >= 0.6 is 0 Å². The first-order valence-electron chi connectivity index (χ1n) is 9.41. The summed E-state index contributed by atoms with van der Waals surface area (Å²) >= 11 is 0. The number of carbonyl (C=O) groups excluding carboxylic acids is 1. The molecule has 0 aliphatic heterocycles. The number of rotatable bonds is 3. The van der Waals surface area contributed by atoms with Crippen molar-refractivity contribution in [2.45, 2.75) is 31.6 Å². The number of hydrogen-bond donors (Lipinski definition) is 6. The molecule has 7 nitrogen and oxygen atoms in total. The normalized spacial score (nSPS) is 21.2. The molecule has 2 unspecified atom stereocenters. The first-order chi connectivity index (χ1) is 13.8. The third-order valence-corrected chi connectivity index (χ3v) is 5.26. The molecule has 0 fully saturated rings. The molecule has 0 bridgehead atoms. The molecule has 1 heterocycles. The van der Waals surface area contributed by atoms with Gasteiger partial charge in [-0.3, -0.25) is 4.79 Å². The smallest absolute Gasteiger partial charge is 0.240 e. The van der Waals surface area contributed by atoms with Crippen molar-refractivity contribution < 1.29 is 20.1 Å². The molecule has 0 spiro atoms. The fourth-order valence-corrected chi connectivity index (χ4v) is 3.71. The second-order valence-corrected chi connectivity index (χ2v) is 7.40. The summed E-state index contributed by atoms with van der Waals surface area (Å²) in [5.41, 5.74) is 9.27. The second-order valence-electron chi connectivity index (χ2n) is 7.40. The van der Waals surface area contributed by atoms with Crippen LogP contribution in [-0.4, -0.2) is 32.3 Å². The predicted octanol–water partition coefficient (Wildman–Crippen LogP) is 2.71. The number of nitrogens with one attached hydrogen (secondary N) is 2. The molecule has 3 aromatic rings. The molecule has 7 heteroatoms. The Hall–Kier alpha value is -3.13. The SMILES string of the molecule is C[C@H](N)C(=O)Nc1ccc2[nH]c(O)c(C=C3CC(O)c4ccccc4C3O)c2c1. The van der Waals surface area contributed by atoms with Crippen molar-refractivity contribution in [1.82, 2.24) is 4.98 Å². The molecule has 0 saturated heterocycles. The summed E-state index contributed by atoms with van der Waals surface area (Å²) in [6.07, 6.45) is 0.342. The summed E-state index contributed by atoms with van der Waals surface area (Å²) in [6, 6.07) is 11.8. The lowest BCUT2D eigenvalue weighted by atomic mass is 9.83. The molecular weight excluding hydrogens is 370 g/mol. The van der Waals surface area contributed by atoms with Gasteiger partial charge in [0.05, 0.1) is 12.1 Å². The molecule has 2 aromatic carbocycles. The van der Waals surface area contributed by atoms with Gasteiger partial charge in [0, 0.05) is 28.6 Å². The van der Waals surface area contributed by atoms with Crippen LogP contribution in [0.2, 0.25) is 0 Å². The highest BCUT2D eigenvalue weighted by Gasteiger charge is 2.28. The number of aliphatic hydroxyl groups excluding tert-OH is 2. The van der Waals surface area contributed by atoms with Crippen molar-refractivity contribution in [3.8, 4) is 5.88 Å². The first-order valence-corrected chi connectivity index (χ1v) is 9.41. The van der Waals surface area contributed by atoms with Crippen molar-refractivity contribution in [2.75, 3.05) is 5.32 Å². The van der Waals surface area contributed by atoms with E-state index in [0.717, 1.165) is 0 Å². The average molecular weight is 393 g/mol. The number of nitrogens with two attached hydrogens (primary N) is 1. The lowest BCUT2D eigenvalue weighted by Gasteiger charge is -2.28. The van der Waals surface area contributed by atoms with Gasteiger partial charge in [0.15, 0.2) is 5.88 Å². The molecule has 29 heavy (non-hydrogen) atoms. The fourth-order valence-electron chi connectivity index (χ4n) is 3.71. The van der Waals surface area contributed by atoms with E-state index in [9.17, 15) is 20.1 Å². The summed E-state index contributed by atoms with van der Waals surface area (Å²) < 4.78 is 0. The van der Waals surface area contributed by atoms with E-state index in [1.165, 1.54) is 0 Å². The van der Waals surface area contributed by atoms with Crippen LogP contribution in [0.15, 0.2) is 48.0 Å². The third kappa shape index (κ3) is 3.51. The topological polar surface area (TPSA) is 132 Å². The number of aromatic hydroxyl groups is 1. The van der Waals surface area contributed by atoms with Crippen LogP contribution in [0.3, 0.4) is 0 Å². The van der Waals surface area contributed by atoms with E-state index < -0.39 is 18.2 Å². The highest BCUT2D eigenvalue weighted by atomic mass is 16.3. The Morgan fingerprint density at radius 2 is 1.97 bits per heavy atom. The average Bonchev–Trinajstić information content (AvgIpc) is 3.00. The summed E-state index contributed by atoms with van der Waals surface area (Å²) in [4.78, 5) is 14.8. The highest BCUT2D eigenvalue weighted by Crippen LogP contribution is 2.42. The van der Waals surface area contributed by atoms with Gasteiger partial charge in [0.25, 0.3) is 0 Å². The Labute approximate surface area is 167 Å². The minimum absolute atomic E-state index is 0.0521. The monoisotopic (exact) mass is 393 g/mol. The number of H-pyrrole nitrogens is 1. The minimum Gasteiger partial charge on any atom is -0.494 e. The molecule has 150 valence electrons. The van der Waals surface area contributed by atoms with Crippen molar-refractivity contribution >= 4 is 28.6 Å². The van der Waals surface area contributed by atoms with Gasteiger partial charge in [0.2, 0.25) is 5.91 Å². The summed E-state index contributed by atoms with van der Waals surface area (Å²) in [6.45, 7) is 1.60. The van der Waals surface area contributed by atoms with Gasteiger partial charge in [-0.25, -0.2) is 0 Å². The molecule has 0 saturated carbocycles. The van der Waals surface area contributed by atoms with E-state index in [1.807, 2.05) is 12.1 Å². The van der Waals surface area contributed by atoms with Gasteiger partial charge in [-0.1, -0.05) is 24.3 Å². The highest BCUT2D eigenvalue weighted by molar-refractivity contribution is 5.99. The van der Waals surface area contributed by atoms with Crippen LogP contribution in [0.25, 0.3) is 17.0 Å². The van der Waals surface area contributed by atoms with Crippen LogP contribution in [0.1, 0.15) is 42.2 Å². The number of amides is 1. The standard InChI is InChI=1S/C22H23N3O4/c1-11(23)21(28)24-13-6-7-18-16(10-13)17(22(29)25-18)8-12-9-19(26)14-4-2-3-5-15(14)20(12)27/h2-8,10-11,19-20,25-27,29H,9,23H2,1H3,(H,24,28)/t11-,19?,20?/m0/s1. The molecule has 1 aromatic heterocycles. The Bertz CT molecular complexity index is 1120. The molecule has 3 atom stereocenters. The van der Waals surface area contributed by atoms with Crippen molar-refractivity contribution in [3.05, 3.63) is 64.7 Å². The van der Waals surface area contributed by atoms with E-state index >= 15 is 0 Å². The Morgan fingerprint density at radius 3 is 2.69 bits per heavy atom. The zero-order valence-corrected chi connectivity index (χ0v) is 15.9. The van der Waals surface area contributed by atoms with E-state index in [-0.39, 0.29) is 18.2 Å². The lowest BCUT2D eigenvalue weighted by Crippen LogP contribution is -2.32. The van der Waals surface area contributed by atoms with Gasteiger partial charge >= 0.3 is 0 Å². The maximum atomic E-state index is 11.9. The van der Waals surface area contributed by atoms with Crippen LogP contribution in [0, 0.1) is 0 Å². The largest absolute Gasteiger partial charge is 0.494 e. The number of aromatic nitrogens is 1. The van der Waals surface area contributed by atoms with Gasteiger partial charge < -0.3 is 31.4 Å². The lowest BCUT2D eigenvalue weighted by molar-refractivity contribution is -0.117. The molecule has 7 N–H and O–H groups in total. The second kappa shape index (κ2) is 7.36. The van der Waals surface area contributed by atoms with Crippen LogP contribution in [0.4, 0.5) is 5.69 Å². The number of carbonyl (C=O) groups is 1. The molecule has 1 aliphatic carbocycles. The first kappa shape index (κ1) is 19.2. The van der Waals surface area contributed by atoms with Crippen molar-refractivity contribution in [1.29, 1.82) is 0 Å². The van der Waals surface area contributed by atoms with E-state index in [0.29, 0.717) is 38.9 Å². The maximum Gasteiger partial charge on any atom is 0.240 e. The van der Waals surface area contributed by atoms with Crippen molar-refractivity contribution in [2.24, 2.45) is 5.73 Å². The quantitative estimate of drug-likeness (QED) is 0.407. The Morgan fingerprint density at radius 1 is 1.24 bits per heavy atom.